The van der Waals surface area contributed by atoms with Crippen molar-refractivity contribution < 1.29 is 0 Å². The Morgan fingerprint density at radius 2 is 0.583 bits per heavy atom. The van der Waals surface area contributed by atoms with Gasteiger partial charge in [-0.15, -0.1) is 0 Å². The van der Waals surface area contributed by atoms with E-state index in [1.165, 1.54) is 60.4 Å². The van der Waals surface area contributed by atoms with Crippen LogP contribution in [0, 0.1) is 0 Å². The van der Waals surface area contributed by atoms with Gasteiger partial charge in [-0.3, -0.25) is 0 Å². The van der Waals surface area contributed by atoms with Gasteiger partial charge in [-0.05, 0) is 220 Å². The van der Waals surface area contributed by atoms with Gasteiger partial charge < -0.3 is 19.3 Å². The summed E-state index contributed by atoms with van der Waals surface area (Å²) < 4.78 is 2.41. The maximum atomic E-state index is 2.64. The Kier molecular flexibility index (Phi) is 15.4. The van der Waals surface area contributed by atoms with Crippen molar-refractivity contribution in [3.63, 3.8) is 0 Å². The molecule has 0 aliphatic carbocycles. The van der Waals surface area contributed by atoms with E-state index in [-0.39, 0.29) is 17.5 Å². The average molecular weight is 1320 g/mol. The number of nitrogens with zero attached hydrogens (tertiary/aromatic N) is 4. The predicted molar refractivity (Wildman–Crippen MR) is 440 cm³/mol. The summed E-state index contributed by atoms with van der Waals surface area (Å²) in [5, 5.41) is 2.48. The van der Waals surface area contributed by atoms with E-state index in [1.807, 2.05) is 0 Å². The van der Waals surface area contributed by atoms with E-state index in [4.69, 9.17) is 0 Å². The van der Waals surface area contributed by atoms with Crippen LogP contribution in [0.1, 0.15) is 52.7 Å². The minimum absolute atomic E-state index is 0.142. The van der Waals surface area contributed by atoms with E-state index in [9.17, 15) is 0 Å². The normalized spacial score (nSPS) is 12.5. The highest BCUT2D eigenvalue weighted by Gasteiger charge is 2.45. The van der Waals surface area contributed by atoms with Crippen LogP contribution in [0.3, 0.4) is 0 Å². The third kappa shape index (κ3) is 11.4. The topological polar surface area (TPSA) is 14.7 Å². The van der Waals surface area contributed by atoms with Gasteiger partial charge in [0.25, 0.3) is 6.71 Å². The van der Waals surface area contributed by atoms with Crippen molar-refractivity contribution in [2.24, 2.45) is 0 Å². The van der Waals surface area contributed by atoms with Crippen LogP contribution in [-0.2, 0) is 10.8 Å². The fourth-order valence-corrected chi connectivity index (χ4v) is 16.0. The Hall–Kier alpha value is -12.4. The summed E-state index contributed by atoms with van der Waals surface area (Å²) in [5.74, 6) is 0. The summed E-state index contributed by atoms with van der Waals surface area (Å²) in [6, 6.07) is 134. The molecule has 1 aromatic heterocycles. The molecule has 3 heterocycles. The Morgan fingerprint density at radius 1 is 0.243 bits per heavy atom. The molecule has 0 unspecified atom stereocenters. The van der Waals surface area contributed by atoms with Gasteiger partial charge in [-0.25, -0.2) is 0 Å². The lowest BCUT2D eigenvalue weighted by molar-refractivity contribution is 0.569. The van der Waals surface area contributed by atoms with E-state index in [1.54, 1.807) is 0 Å². The second kappa shape index (κ2) is 25.3. The van der Waals surface area contributed by atoms with E-state index in [2.05, 4.69) is 419 Å². The number of hydrogen-bond donors (Lipinski definition) is 0. The molecule has 0 amide bonds. The number of fused-ring (bicyclic) bond motifs is 7. The standard InChI is InChI=1S/C98H77BN4/c1-97(2,3)78-55-76(56-79(64-78)98(4,5)6)77-62-94-96-95(63-77)103(85-59-74(69-35-19-10-20-36-69)54-75(60-85)70-37-21-11-22-38-70)93-65-83(100(80-39-23-12-24-40-80)81-46-48-82(49-47-81)101-90-43-27-25-41-86(90)87-42-26-28-44-91(87)101)50-52-89(93)99(96)88-51-45-71(66-29-13-7-14-30-66)61-92(88)102(94)84-57-72(67-31-15-8-16-32-67)53-73(58-84)68-33-17-9-18-34-68/h7-65H,1-6H3. The van der Waals surface area contributed by atoms with Gasteiger partial charge in [0.05, 0.1) is 11.0 Å². The highest BCUT2D eigenvalue weighted by Crippen LogP contribution is 2.51. The van der Waals surface area contributed by atoms with Crippen LogP contribution in [0.25, 0.3) is 94.3 Å². The van der Waals surface area contributed by atoms with E-state index in [0.717, 1.165) is 113 Å². The van der Waals surface area contributed by atoms with Gasteiger partial charge >= 0.3 is 0 Å². The second-order valence-corrected chi connectivity index (χ2v) is 29.8. The van der Waals surface area contributed by atoms with Crippen molar-refractivity contribution in [3.8, 4) is 72.4 Å². The largest absolute Gasteiger partial charge is 0.311 e. The van der Waals surface area contributed by atoms with Crippen molar-refractivity contribution in [3.05, 3.63) is 369 Å². The second-order valence-electron chi connectivity index (χ2n) is 29.8. The molecule has 0 saturated carbocycles. The number of aromatic nitrogens is 1. The van der Waals surface area contributed by atoms with Crippen molar-refractivity contribution in [2.75, 3.05) is 14.7 Å². The fraction of sp³-hybridized carbons (Fsp3) is 0.0816. The molecular weight excluding hydrogens is 1240 g/mol. The van der Waals surface area contributed by atoms with Gasteiger partial charge in [0, 0.05) is 67.6 Å². The Balaban J connectivity index is 0.952. The third-order valence-corrected chi connectivity index (χ3v) is 21.2. The van der Waals surface area contributed by atoms with Gasteiger partial charge in [0.2, 0.25) is 0 Å². The van der Waals surface area contributed by atoms with Crippen LogP contribution in [0.5, 0.6) is 0 Å². The molecule has 15 aromatic carbocycles. The molecule has 0 saturated heterocycles. The monoisotopic (exact) mass is 1320 g/mol. The maximum absolute atomic E-state index is 2.64. The number of para-hydroxylation sites is 3. The summed E-state index contributed by atoms with van der Waals surface area (Å²) in [7, 11) is 0. The lowest BCUT2D eigenvalue weighted by Gasteiger charge is -2.45. The molecule has 492 valence electrons. The van der Waals surface area contributed by atoms with Gasteiger partial charge in [-0.2, -0.15) is 0 Å². The van der Waals surface area contributed by atoms with Gasteiger partial charge in [-0.1, -0.05) is 284 Å². The van der Waals surface area contributed by atoms with Crippen LogP contribution in [0.2, 0.25) is 0 Å². The van der Waals surface area contributed by atoms with E-state index in [0.29, 0.717) is 0 Å². The molecule has 0 N–H and O–H groups in total. The maximum Gasteiger partial charge on any atom is 0.252 e. The summed E-state index contributed by atoms with van der Waals surface area (Å²) in [6.45, 7) is 13.9. The molecule has 16 aromatic rings. The number of hydrogen-bond acceptors (Lipinski definition) is 3. The molecule has 2 aliphatic rings. The minimum atomic E-state index is -0.214. The molecule has 0 atom stereocenters. The molecule has 4 nitrogen and oxygen atoms in total. The number of rotatable bonds is 12. The van der Waals surface area contributed by atoms with Crippen LogP contribution in [-0.4, -0.2) is 11.3 Å². The lowest BCUT2D eigenvalue weighted by Crippen LogP contribution is -2.61. The first-order chi connectivity index (χ1) is 50.3. The average Bonchev–Trinajstić information content (AvgIpc) is 1.31. The minimum Gasteiger partial charge on any atom is -0.311 e. The number of benzene rings is 15. The van der Waals surface area contributed by atoms with Crippen LogP contribution in [0.4, 0.5) is 51.2 Å². The number of anilines is 9. The summed E-state index contributed by atoms with van der Waals surface area (Å²) in [4.78, 5) is 7.71. The summed E-state index contributed by atoms with van der Waals surface area (Å²) in [5.41, 5.74) is 33.1. The lowest BCUT2D eigenvalue weighted by atomic mass is 9.33. The third-order valence-electron chi connectivity index (χ3n) is 21.2. The summed E-state index contributed by atoms with van der Waals surface area (Å²) >= 11 is 0. The van der Waals surface area contributed by atoms with Crippen molar-refractivity contribution in [1.29, 1.82) is 0 Å². The first-order valence-corrected chi connectivity index (χ1v) is 36.1. The highest BCUT2D eigenvalue weighted by atomic mass is 15.2. The molecule has 2 aliphatic heterocycles. The molecule has 0 bridgehead atoms. The van der Waals surface area contributed by atoms with Crippen LogP contribution in [0.15, 0.2) is 358 Å². The van der Waals surface area contributed by atoms with Crippen LogP contribution >= 0.6 is 0 Å². The zero-order valence-corrected chi connectivity index (χ0v) is 58.9. The molecule has 5 heteroatoms. The molecule has 0 fully saturated rings. The molecule has 0 spiro atoms. The van der Waals surface area contributed by atoms with Crippen LogP contribution < -0.4 is 31.1 Å². The first kappa shape index (κ1) is 62.8. The summed E-state index contributed by atoms with van der Waals surface area (Å²) in [6.07, 6.45) is 0. The van der Waals surface area contributed by atoms with Gasteiger partial charge in [0.15, 0.2) is 0 Å². The Labute approximate surface area is 605 Å². The predicted octanol–water partition coefficient (Wildman–Crippen LogP) is 24.9. The SMILES string of the molecule is CC(C)(C)c1cc(-c2cc3c4c(c2)N(c2cc(-c5ccccc5)cc(-c5ccccc5)c2)c2cc(N(c5ccccc5)c5ccc(-n6c7ccccc7c7ccccc76)cc5)ccc2B4c2ccc(-c4ccccc4)cc2N3c2cc(-c3ccccc3)cc(-c3ccccc3)c2)cc(C(C)(C)C)c1. The zero-order chi connectivity index (χ0) is 69.5. The quantitative estimate of drug-likeness (QED) is 0.113. The Morgan fingerprint density at radius 3 is 1.02 bits per heavy atom. The molecule has 18 rings (SSSR count). The smallest absolute Gasteiger partial charge is 0.252 e. The van der Waals surface area contributed by atoms with Gasteiger partial charge in [0.1, 0.15) is 0 Å². The highest BCUT2D eigenvalue weighted by molar-refractivity contribution is 7.00. The van der Waals surface area contributed by atoms with E-state index < -0.39 is 0 Å². The Bertz CT molecular complexity index is 5680. The fourth-order valence-electron chi connectivity index (χ4n) is 16.0. The van der Waals surface area contributed by atoms with Crippen molar-refractivity contribution in [1.82, 2.24) is 4.57 Å². The van der Waals surface area contributed by atoms with Crippen molar-refractivity contribution in [2.45, 2.75) is 52.4 Å². The molecule has 0 radical (unpaired) electrons. The molecular formula is C98H77BN4. The zero-order valence-electron chi connectivity index (χ0n) is 58.9. The van der Waals surface area contributed by atoms with Crippen molar-refractivity contribution >= 4 is 96.1 Å². The molecule has 103 heavy (non-hydrogen) atoms. The first-order valence-electron chi connectivity index (χ1n) is 36.1. The van der Waals surface area contributed by atoms with E-state index >= 15 is 0 Å².